The summed E-state index contributed by atoms with van der Waals surface area (Å²) in [7, 11) is 1.59. The molecule has 0 spiro atoms. The zero-order valence-electron chi connectivity index (χ0n) is 19.1. The molecule has 0 atom stereocenters. The van der Waals surface area contributed by atoms with E-state index in [0.29, 0.717) is 29.9 Å². The van der Waals surface area contributed by atoms with Gasteiger partial charge in [0, 0.05) is 36.1 Å². The number of hydrogen-bond acceptors (Lipinski definition) is 6. The van der Waals surface area contributed by atoms with Gasteiger partial charge in [0.1, 0.15) is 28.5 Å². The van der Waals surface area contributed by atoms with E-state index in [1.54, 1.807) is 16.5 Å². The Balaban J connectivity index is 1.55. The maximum atomic E-state index is 12.3. The van der Waals surface area contributed by atoms with Crippen LogP contribution in [0.5, 0.6) is 5.75 Å². The number of methoxy groups -OCH3 is 1. The first-order valence-corrected chi connectivity index (χ1v) is 10.7. The van der Waals surface area contributed by atoms with Crippen molar-refractivity contribution in [2.24, 2.45) is 0 Å². The monoisotopic (exact) mass is 436 g/mol. The minimum atomic E-state index is -0.494. The number of rotatable bonds is 3. The molecule has 3 aromatic rings. The quantitative estimate of drug-likeness (QED) is 0.616. The van der Waals surface area contributed by atoms with E-state index in [1.807, 2.05) is 50.8 Å². The lowest BCUT2D eigenvalue weighted by Crippen LogP contribution is -2.42. The van der Waals surface area contributed by atoms with Crippen LogP contribution in [-0.2, 0) is 4.74 Å². The van der Waals surface area contributed by atoms with Crippen LogP contribution in [0.15, 0.2) is 24.7 Å². The van der Waals surface area contributed by atoms with Gasteiger partial charge in [-0.15, -0.1) is 0 Å². The van der Waals surface area contributed by atoms with Crippen LogP contribution in [0, 0.1) is 18.3 Å². The first-order valence-electron chi connectivity index (χ1n) is 10.7. The SMILES string of the molecule is COc1cc(-c2cnn(C3CCN(C(=O)OC(C)(C)C)CC3)c2C)cn2ncc(C#N)c12. The van der Waals surface area contributed by atoms with Gasteiger partial charge in [-0.05, 0) is 46.6 Å². The highest BCUT2D eigenvalue weighted by molar-refractivity contribution is 5.76. The molecule has 1 aliphatic rings. The Morgan fingerprint density at radius 2 is 1.94 bits per heavy atom. The number of carbonyl (C=O) groups is 1. The van der Waals surface area contributed by atoms with Crippen LogP contribution >= 0.6 is 0 Å². The third-order valence-electron chi connectivity index (χ3n) is 5.73. The Kier molecular flexibility index (Phi) is 5.55. The van der Waals surface area contributed by atoms with Gasteiger partial charge in [0.05, 0.1) is 25.5 Å². The number of piperidine rings is 1. The van der Waals surface area contributed by atoms with Crippen molar-refractivity contribution in [1.29, 1.82) is 5.26 Å². The predicted molar refractivity (Wildman–Crippen MR) is 118 cm³/mol. The standard InChI is InChI=1S/C23H28N6O3/c1-15-19(16-10-20(31-5)21-17(11-24)12-25-28(21)14-16)13-26-29(15)18-6-8-27(9-7-18)22(30)32-23(2,3)4/h10,12-14,18H,6-9H2,1-5H3. The van der Waals surface area contributed by atoms with Gasteiger partial charge >= 0.3 is 6.09 Å². The fourth-order valence-corrected chi connectivity index (χ4v) is 4.16. The molecule has 0 saturated carbocycles. The van der Waals surface area contributed by atoms with Crippen molar-refractivity contribution in [3.63, 3.8) is 0 Å². The summed E-state index contributed by atoms with van der Waals surface area (Å²) in [6.45, 7) is 8.95. The fourth-order valence-electron chi connectivity index (χ4n) is 4.16. The number of nitrogens with zero attached hydrogens (tertiary/aromatic N) is 6. The summed E-state index contributed by atoms with van der Waals surface area (Å²) in [5.41, 5.74) is 3.56. The van der Waals surface area contributed by atoms with E-state index < -0.39 is 5.60 Å². The molecule has 1 amide bonds. The molecule has 0 aromatic carbocycles. The summed E-state index contributed by atoms with van der Waals surface area (Å²) in [6, 6.07) is 4.27. The second-order valence-electron chi connectivity index (χ2n) is 9.05. The van der Waals surface area contributed by atoms with Crippen molar-refractivity contribution in [3.05, 3.63) is 35.9 Å². The number of ether oxygens (including phenoxy) is 2. The topological polar surface area (TPSA) is 97.7 Å². The second-order valence-corrected chi connectivity index (χ2v) is 9.05. The van der Waals surface area contributed by atoms with Gasteiger partial charge in [0.2, 0.25) is 0 Å². The Bertz CT molecular complexity index is 1190. The van der Waals surface area contributed by atoms with Gasteiger partial charge in [-0.1, -0.05) is 0 Å². The Hall–Kier alpha value is -3.54. The van der Waals surface area contributed by atoms with Gasteiger partial charge in [0.25, 0.3) is 0 Å². The molecule has 0 aliphatic carbocycles. The second kappa shape index (κ2) is 8.19. The van der Waals surface area contributed by atoms with E-state index in [1.165, 1.54) is 6.20 Å². The maximum Gasteiger partial charge on any atom is 0.410 e. The van der Waals surface area contributed by atoms with Crippen molar-refractivity contribution in [2.75, 3.05) is 20.2 Å². The van der Waals surface area contributed by atoms with Gasteiger partial charge in [-0.3, -0.25) is 4.68 Å². The van der Waals surface area contributed by atoms with Crippen molar-refractivity contribution in [2.45, 2.75) is 52.2 Å². The molecule has 32 heavy (non-hydrogen) atoms. The number of hydrogen-bond donors (Lipinski definition) is 0. The highest BCUT2D eigenvalue weighted by atomic mass is 16.6. The molecule has 9 heteroatoms. The minimum absolute atomic E-state index is 0.211. The predicted octanol–water partition coefficient (Wildman–Crippen LogP) is 3.96. The minimum Gasteiger partial charge on any atom is -0.494 e. The highest BCUT2D eigenvalue weighted by Crippen LogP contribution is 2.33. The summed E-state index contributed by atoms with van der Waals surface area (Å²) < 4.78 is 14.7. The van der Waals surface area contributed by atoms with E-state index in [9.17, 15) is 10.1 Å². The average molecular weight is 437 g/mol. The van der Waals surface area contributed by atoms with Crippen LogP contribution in [0.1, 0.15) is 50.9 Å². The Labute approximate surface area is 187 Å². The molecule has 9 nitrogen and oxygen atoms in total. The average Bonchev–Trinajstić information content (AvgIpc) is 3.35. The molecule has 4 heterocycles. The van der Waals surface area contributed by atoms with E-state index >= 15 is 0 Å². The summed E-state index contributed by atoms with van der Waals surface area (Å²) in [4.78, 5) is 14.1. The molecule has 1 fully saturated rings. The molecule has 1 saturated heterocycles. The molecule has 168 valence electrons. The number of nitriles is 1. The summed E-state index contributed by atoms with van der Waals surface area (Å²) >= 11 is 0. The third kappa shape index (κ3) is 4.00. The van der Waals surface area contributed by atoms with Crippen LogP contribution in [-0.4, -0.2) is 56.2 Å². The number of aromatic nitrogens is 4. The maximum absolute atomic E-state index is 12.3. The smallest absolute Gasteiger partial charge is 0.410 e. The van der Waals surface area contributed by atoms with Crippen LogP contribution in [0.2, 0.25) is 0 Å². The summed E-state index contributed by atoms with van der Waals surface area (Å²) in [5, 5.41) is 18.3. The summed E-state index contributed by atoms with van der Waals surface area (Å²) in [6.07, 6.45) is 6.65. The third-order valence-corrected chi connectivity index (χ3v) is 5.73. The van der Waals surface area contributed by atoms with Crippen LogP contribution < -0.4 is 4.74 Å². The van der Waals surface area contributed by atoms with E-state index in [-0.39, 0.29) is 12.1 Å². The largest absolute Gasteiger partial charge is 0.494 e. The molecule has 4 rings (SSSR count). The molecule has 0 bridgehead atoms. The Morgan fingerprint density at radius 3 is 2.56 bits per heavy atom. The number of amides is 1. The number of likely N-dealkylation sites (tertiary alicyclic amines) is 1. The molecule has 0 unspecified atom stereocenters. The van der Waals surface area contributed by atoms with E-state index in [0.717, 1.165) is 29.7 Å². The molecule has 3 aromatic heterocycles. The van der Waals surface area contributed by atoms with Gasteiger partial charge in [0.15, 0.2) is 0 Å². The lowest BCUT2D eigenvalue weighted by molar-refractivity contribution is 0.0184. The van der Waals surface area contributed by atoms with Gasteiger partial charge < -0.3 is 14.4 Å². The van der Waals surface area contributed by atoms with Crippen molar-refractivity contribution in [1.82, 2.24) is 24.3 Å². The summed E-state index contributed by atoms with van der Waals surface area (Å²) in [5.74, 6) is 0.592. The normalized spacial score (nSPS) is 15.1. The van der Waals surface area contributed by atoms with Crippen LogP contribution in [0.3, 0.4) is 0 Å². The zero-order chi connectivity index (χ0) is 23.0. The number of fused-ring (bicyclic) bond motifs is 1. The van der Waals surface area contributed by atoms with Crippen molar-refractivity contribution >= 4 is 11.6 Å². The number of pyridine rings is 1. The van der Waals surface area contributed by atoms with Crippen molar-refractivity contribution in [3.8, 4) is 22.9 Å². The molecule has 0 N–H and O–H groups in total. The Morgan fingerprint density at radius 1 is 1.22 bits per heavy atom. The zero-order valence-corrected chi connectivity index (χ0v) is 19.1. The van der Waals surface area contributed by atoms with E-state index in [2.05, 4.69) is 16.3 Å². The van der Waals surface area contributed by atoms with Crippen molar-refractivity contribution < 1.29 is 14.3 Å². The fraction of sp³-hybridized carbons (Fsp3) is 0.478. The molecule has 0 radical (unpaired) electrons. The van der Waals surface area contributed by atoms with Gasteiger partial charge in [-0.2, -0.15) is 15.5 Å². The molecular weight excluding hydrogens is 408 g/mol. The van der Waals surface area contributed by atoms with Crippen LogP contribution in [0.25, 0.3) is 16.6 Å². The van der Waals surface area contributed by atoms with E-state index in [4.69, 9.17) is 9.47 Å². The molecular formula is C23H28N6O3. The number of carbonyl (C=O) groups excluding carboxylic acids is 1. The highest BCUT2D eigenvalue weighted by Gasteiger charge is 2.29. The first kappa shape index (κ1) is 21.7. The first-order chi connectivity index (χ1) is 15.2. The lowest BCUT2D eigenvalue weighted by atomic mass is 10.0. The van der Waals surface area contributed by atoms with Crippen LogP contribution in [0.4, 0.5) is 4.79 Å². The molecule has 1 aliphatic heterocycles. The van der Waals surface area contributed by atoms with Gasteiger partial charge in [-0.25, -0.2) is 9.31 Å². The lowest BCUT2D eigenvalue weighted by Gasteiger charge is -2.33.